The number of rotatable bonds is 24. The minimum atomic E-state index is -0.0245. The lowest BCUT2D eigenvalue weighted by atomic mass is 9.93. The van der Waals surface area contributed by atoms with Crippen LogP contribution in [0.2, 0.25) is 0 Å². The predicted molar refractivity (Wildman–Crippen MR) is 144 cm³/mol. The highest BCUT2D eigenvalue weighted by molar-refractivity contribution is 5.69. The zero-order valence-corrected chi connectivity index (χ0v) is 23.5. The van der Waals surface area contributed by atoms with Crippen LogP contribution in [0.5, 0.6) is 0 Å². The summed E-state index contributed by atoms with van der Waals surface area (Å²) < 4.78 is 11.0. The summed E-state index contributed by atoms with van der Waals surface area (Å²) in [5.41, 5.74) is 0. The normalized spacial score (nSPS) is 13.9. The van der Waals surface area contributed by atoms with Crippen LogP contribution in [-0.2, 0) is 19.1 Å². The second-order valence-corrected chi connectivity index (χ2v) is 10.3. The predicted octanol–water partition coefficient (Wildman–Crippen LogP) is 9.04. The Balaban J connectivity index is 3.78. The molecule has 0 aromatic rings. The van der Waals surface area contributed by atoms with Crippen molar-refractivity contribution in [2.24, 2.45) is 17.8 Å². The van der Waals surface area contributed by atoms with Crippen molar-refractivity contribution in [2.75, 3.05) is 13.2 Å². The molecule has 0 saturated heterocycles. The van der Waals surface area contributed by atoms with Gasteiger partial charge >= 0.3 is 11.9 Å². The van der Waals surface area contributed by atoms with E-state index >= 15 is 0 Å². The van der Waals surface area contributed by atoms with Gasteiger partial charge in [-0.15, -0.1) is 0 Å². The molecule has 3 atom stereocenters. The minimum Gasteiger partial charge on any atom is -0.465 e. The third-order valence-electron chi connectivity index (χ3n) is 7.37. The van der Waals surface area contributed by atoms with E-state index in [1.54, 1.807) is 0 Å². The molecule has 0 bridgehead atoms. The molecule has 0 amide bonds. The molecule has 0 rings (SSSR count). The van der Waals surface area contributed by atoms with Crippen LogP contribution in [-0.4, -0.2) is 25.2 Å². The zero-order chi connectivity index (χ0) is 25.4. The molecule has 0 fully saturated rings. The number of carbonyl (C=O) groups is 2. The summed E-state index contributed by atoms with van der Waals surface area (Å²) in [4.78, 5) is 24.1. The Morgan fingerprint density at radius 2 is 0.941 bits per heavy atom. The van der Waals surface area contributed by atoms with Crippen LogP contribution >= 0.6 is 0 Å². The highest BCUT2D eigenvalue weighted by Gasteiger charge is 2.13. The number of ether oxygens (including phenoxy) is 2. The third-order valence-corrected chi connectivity index (χ3v) is 7.37. The van der Waals surface area contributed by atoms with Gasteiger partial charge in [-0.05, 0) is 43.4 Å². The summed E-state index contributed by atoms with van der Waals surface area (Å²) in [6, 6.07) is 0. The molecule has 0 aliphatic carbocycles. The maximum absolute atomic E-state index is 12.1. The molecule has 0 aromatic heterocycles. The molecular weight excluding hydrogens is 424 g/mol. The Hall–Kier alpha value is -1.06. The van der Waals surface area contributed by atoms with E-state index < -0.39 is 0 Å². The van der Waals surface area contributed by atoms with Gasteiger partial charge in [-0.25, -0.2) is 0 Å². The van der Waals surface area contributed by atoms with Crippen molar-refractivity contribution in [3.05, 3.63) is 0 Å². The summed E-state index contributed by atoms with van der Waals surface area (Å²) in [5, 5.41) is 0. The molecule has 0 heterocycles. The number of hydrogen-bond donors (Lipinski definition) is 0. The summed E-state index contributed by atoms with van der Waals surface area (Å²) in [5.74, 6) is 1.62. The molecule has 202 valence electrons. The Morgan fingerprint density at radius 3 is 1.44 bits per heavy atom. The van der Waals surface area contributed by atoms with Gasteiger partial charge in [0, 0.05) is 12.8 Å². The average molecular weight is 483 g/mol. The molecule has 0 aliphatic heterocycles. The first kappa shape index (κ1) is 32.9. The van der Waals surface area contributed by atoms with Gasteiger partial charge < -0.3 is 9.47 Å². The fraction of sp³-hybridized carbons (Fsp3) is 0.933. The summed E-state index contributed by atoms with van der Waals surface area (Å²) in [6.45, 7) is 12.2. The smallest absolute Gasteiger partial charge is 0.305 e. The maximum Gasteiger partial charge on any atom is 0.305 e. The standard InChI is InChI=1S/C30H58O4/c1-6-11-18-27(9-4)24-33-29(31)21-17-15-13-14-16-20-26(8-3)22-23-30(32)34-25-28(10-5)19-12-7-2/h26-28H,6-25H2,1-5H3. The first-order chi connectivity index (χ1) is 16.5. The Bertz CT molecular complexity index is 476. The van der Waals surface area contributed by atoms with Gasteiger partial charge in [-0.2, -0.15) is 0 Å². The lowest BCUT2D eigenvalue weighted by molar-refractivity contribution is -0.146. The molecule has 4 heteroatoms. The third kappa shape index (κ3) is 19.3. The summed E-state index contributed by atoms with van der Waals surface area (Å²) in [7, 11) is 0. The number of hydrogen-bond acceptors (Lipinski definition) is 4. The number of esters is 2. The fourth-order valence-corrected chi connectivity index (χ4v) is 4.47. The van der Waals surface area contributed by atoms with E-state index in [1.807, 2.05) is 0 Å². The van der Waals surface area contributed by atoms with Gasteiger partial charge in [0.25, 0.3) is 0 Å². The van der Waals surface area contributed by atoms with Crippen LogP contribution < -0.4 is 0 Å². The monoisotopic (exact) mass is 482 g/mol. The van der Waals surface area contributed by atoms with E-state index in [9.17, 15) is 9.59 Å². The molecular formula is C30H58O4. The number of carbonyl (C=O) groups excluding carboxylic acids is 2. The van der Waals surface area contributed by atoms with Crippen molar-refractivity contribution >= 4 is 11.9 Å². The molecule has 0 aliphatic rings. The van der Waals surface area contributed by atoms with Crippen LogP contribution in [0.15, 0.2) is 0 Å². The van der Waals surface area contributed by atoms with Crippen molar-refractivity contribution in [3.8, 4) is 0 Å². The van der Waals surface area contributed by atoms with Gasteiger partial charge in [0.15, 0.2) is 0 Å². The molecule has 34 heavy (non-hydrogen) atoms. The Morgan fingerprint density at radius 1 is 0.500 bits per heavy atom. The number of unbranched alkanes of at least 4 members (excludes halogenated alkanes) is 6. The molecule has 0 aromatic carbocycles. The van der Waals surface area contributed by atoms with Crippen LogP contribution in [0, 0.1) is 17.8 Å². The van der Waals surface area contributed by atoms with Crippen LogP contribution in [0.1, 0.15) is 150 Å². The average Bonchev–Trinajstić information content (AvgIpc) is 2.85. The fourth-order valence-electron chi connectivity index (χ4n) is 4.47. The van der Waals surface area contributed by atoms with Gasteiger partial charge in [0.05, 0.1) is 13.2 Å². The second-order valence-electron chi connectivity index (χ2n) is 10.3. The lowest BCUT2D eigenvalue weighted by Gasteiger charge is -2.16. The zero-order valence-electron chi connectivity index (χ0n) is 23.5. The molecule has 0 radical (unpaired) electrons. The molecule has 0 spiro atoms. The van der Waals surface area contributed by atoms with E-state index in [1.165, 1.54) is 57.8 Å². The summed E-state index contributed by atoms with van der Waals surface area (Å²) in [6.07, 6.45) is 19.4. The minimum absolute atomic E-state index is 0.0177. The van der Waals surface area contributed by atoms with Gasteiger partial charge in [0.2, 0.25) is 0 Å². The van der Waals surface area contributed by atoms with Crippen LogP contribution in [0.3, 0.4) is 0 Å². The highest BCUT2D eigenvalue weighted by atomic mass is 16.5. The lowest BCUT2D eigenvalue weighted by Crippen LogP contribution is -2.14. The van der Waals surface area contributed by atoms with Gasteiger partial charge in [-0.3, -0.25) is 9.59 Å². The molecule has 3 unspecified atom stereocenters. The van der Waals surface area contributed by atoms with Crippen molar-refractivity contribution in [2.45, 2.75) is 150 Å². The van der Waals surface area contributed by atoms with E-state index in [2.05, 4.69) is 34.6 Å². The first-order valence-electron chi connectivity index (χ1n) is 14.8. The van der Waals surface area contributed by atoms with E-state index in [4.69, 9.17) is 9.47 Å². The van der Waals surface area contributed by atoms with Gasteiger partial charge in [-0.1, -0.05) is 112 Å². The van der Waals surface area contributed by atoms with E-state index in [0.29, 0.717) is 43.8 Å². The van der Waals surface area contributed by atoms with Crippen LogP contribution in [0.25, 0.3) is 0 Å². The topological polar surface area (TPSA) is 52.6 Å². The van der Waals surface area contributed by atoms with E-state index in [0.717, 1.165) is 44.9 Å². The molecule has 4 nitrogen and oxygen atoms in total. The quantitative estimate of drug-likeness (QED) is 0.102. The molecule has 0 saturated carbocycles. The van der Waals surface area contributed by atoms with Gasteiger partial charge in [0.1, 0.15) is 0 Å². The highest BCUT2D eigenvalue weighted by Crippen LogP contribution is 2.21. The first-order valence-corrected chi connectivity index (χ1v) is 14.8. The summed E-state index contributed by atoms with van der Waals surface area (Å²) >= 11 is 0. The van der Waals surface area contributed by atoms with Crippen molar-refractivity contribution < 1.29 is 19.1 Å². The Labute approximate surface area is 212 Å². The largest absolute Gasteiger partial charge is 0.465 e. The maximum atomic E-state index is 12.1. The second kappa shape index (κ2) is 23.7. The molecule has 0 N–H and O–H groups in total. The van der Waals surface area contributed by atoms with Crippen molar-refractivity contribution in [1.82, 2.24) is 0 Å². The Kier molecular flexibility index (Phi) is 22.9. The van der Waals surface area contributed by atoms with Crippen molar-refractivity contribution in [3.63, 3.8) is 0 Å². The van der Waals surface area contributed by atoms with Crippen molar-refractivity contribution in [1.29, 1.82) is 0 Å². The SMILES string of the molecule is CCCCC(CC)COC(=O)CCCCCCCC(CC)CCC(=O)OCC(CC)CCCC. The van der Waals surface area contributed by atoms with Crippen LogP contribution in [0.4, 0.5) is 0 Å². The van der Waals surface area contributed by atoms with E-state index in [-0.39, 0.29) is 11.9 Å².